The van der Waals surface area contributed by atoms with Crippen LogP contribution in [0.2, 0.25) is 0 Å². The Morgan fingerprint density at radius 2 is 1.08 bits per heavy atom. The van der Waals surface area contributed by atoms with Crippen LogP contribution in [0, 0.1) is 24.5 Å². The number of nitriles is 1. The summed E-state index contributed by atoms with van der Waals surface area (Å²) in [6.45, 7) is 15.8. The van der Waals surface area contributed by atoms with Crippen LogP contribution >= 0.6 is 0 Å². The van der Waals surface area contributed by atoms with Crippen molar-refractivity contribution in [3.05, 3.63) is 180 Å². The first kappa shape index (κ1) is 28.8. The van der Waals surface area contributed by atoms with Gasteiger partial charge in [-0.3, -0.25) is 0 Å². The first-order chi connectivity index (χ1) is 24.7. The SMILES string of the molecule is [C-]#[N+]c1cc(-c2ccccc2-c2ccccc2-n2c3ccccc3c3ccccc32)cc(-n2c3ccc(C#N)cc3c3ccc([N+]#[C-])cc32)c1. The minimum absolute atomic E-state index is 0.507. The zero-order valence-corrected chi connectivity index (χ0v) is 26.7. The zero-order chi connectivity index (χ0) is 33.8. The van der Waals surface area contributed by atoms with Crippen molar-refractivity contribution >= 4 is 55.0 Å². The van der Waals surface area contributed by atoms with Crippen LogP contribution in [-0.2, 0) is 0 Å². The minimum atomic E-state index is 0.507. The van der Waals surface area contributed by atoms with E-state index < -0.39 is 0 Å². The van der Waals surface area contributed by atoms with Gasteiger partial charge in [-0.25, -0.2) is 9.69 Å². The van der Waals surface area contributed by atoms with Crippen molar-refractivity contribution in [3.63, 3.8) is 0 Å². The average molecular weight is 636 g/mol. The van der Waals surface area contributed by atoms with Crippen LogP contribution in [0.1, 0.15) is 5.56 Å². The lowest BCUT2D eigenvalue weighted by atomic mass is 9.93. The highest BCUT2D eigenvalue weighted by molar-refractivity contribution is 6.11. The predicted octanol–water partition coefficient (Wildman–Crippen LogP) is 12.2. The molecule has 0 saturated carbocycles. The van der Waals surface area contributed by atoms with Crippen LogP contribution < -0.4 is 0 Å². The van der Waals surface area contributed by atoms with Gasteiger partial charge in [-0.2, -0.15) is 5.26 Å². The summed E-state index contributed by atoms with van der Waals surface area (Å²) in [6.07, 6.45) is 0. The highest BCUT2D eigenvalue weighted by Crippen LogP contribution is 2.42. The summed E-state index contributed by atoms with van der Waals surface area (Å²) in [7, 11) is 0. The van der Waals surface area contributed by atoms with E-state index in [0.717, 1.165) is 66.5 Å². The van der Waals surface area contributed by atoms with E-state index in [2.05, 4.69) is 122 Å². The van der Waals surface area contributed by atoms with Crippen LogP contribution in [0.5, 0.6) is 0 Å². The van der Waals surface area contributed by atoms with E-state index in [-0.39, 0.29) is 0 Å². The number of aromatic nitrogens is 2. The number of para-hydroxylation sites is 3. The maximum absolute atomic E-state index is 9.68. The molecule has 9 aromatic rings. The van der Waals surface area contributed by atoms with Crippen molar-refractivity contribution in [3.8, 4) is 39.7 Å². The van der Waals surface area contributed by atoms with Crippen LogP contribution in [0.3, 0.4) is 0 Å². The van der Waals surface area contributed by atoms with Gasteiger partial charge in [-0.1, -0.05) is 91.0 Å². The molecule has 0 aliphatic carbocycles. The second-order valence-corrected chi connectivity index (χ2v) is 12.3. The molecule has 2 aromatic heterocycles. The number of nitrogens with zero attached hydrogens (tertiary/aromatic N) is 5. The quantitative estimate of drug-likeness (QED) is 0.177. The molecule has 7 aromatic carbocycles. The topological polar surface area (TPSA) is 42.4 Å². The third-order valence-corrected chi connectivity index (χ3v) is 9.55. The lowest BCUT2D eigenvalue weighted by Gasteiger charge is -2.18. The van der Waals surface area contributed by atoms with Crippen molar-refractivity contribution in [1.82, 2.24) is 9.13 Å². The van der Waals surface area contributed by atoms with E-state index in [4.69, 9.17) is 13.1 Å². The molecule has 0 radical (unpaired) electrons. The molecule has 0 fully saturated rings. The van der Waals surface area contributed by atoms with Crippen LogP contribution in [0.15, 0.2) is 152 Å². The molecule has 230 valence electrons. The molecule has 0 atom stereocenters. The van der Waals surface area contributed by atoms with Gasteiger partial charge in [-0.05, 0) is 77.4 Å². The molecule has 0 spiro atoms. The number of hydrogen-bond donors (Lipinski definition) is 0. The summed E-state index contributed by atoms with van der Waals surface area (Å²) in [4.78, 5) is 7.62. The maximum Gasteiger partial charge on any atom is 0.189 e. The third kappa shape index (κ3) is 4.38. The van der Waals surface area contributed by atoms with Crippen molar-refractivity contribution in [2.75, 3.05) is 0 Å². The molecule has 0 saturated heterocycles. The molecule has 0 bridgehead atoms. The monoisotopic (exact) mass is 635 g/mol. The predicted molar refractivity (Wildman–Crippen MR) is 203 cm³/mol. The van der Waals surface area contributed by atoms with Crippen LogP contribution in [-0.4, -0.2) is 9.13 Å². The van der Waals surface area contributed by atoms with Gasteiger partial charge < -0.3 is 9.13 Å². The molecule has 0 amide bonds. The van der Waals surface area contributed by atoms with E-state index in [1.165, 1.54) is 10.8 Å². The maximum atomic E-state index is 9.68. The lowest BCUT2D eigenvalue weighted by molar-refractivity contribution is 1.18. The smallest absolute Gasteiger partial charge is 0.189 e. The van der Waals surface area contributed by atoms with Gasteiger partial charge >= 0.3 is 0 Å². The molecule has 0 aliphatic rings. The van der Waals surface area contributed by atoms with E-state index in [9.17, 15) is 5.26 Å². The van der Waals surface area contributed by atoms with E-state index in [0.29, 0.717) is 16.9 Å². The lowest BCUT2D eigenvalue weighted by Crippen LogP contribution is -1.98. The van der Waals surface area contributed by atoms with Gasteiger partial charge in [0.1, 0.15) is 0 Å². The Hall–Kier alpha value is -7.39. The van der Waals surface area contributed by atoms with Crippen LogP contribution in [0.4, 0.5) is 11.4 Å². The second-order valence-electron chi connectivity index (χ2n) is 12.3. The van der Waals surface area contributed by atoms with Crippen molar-refractivity contribution < 1.29 is 0 Å². The van der Waals surface area contributed by atoms with Crippen molar-refractivity contribution in [1.29, 1.82) is 5.26 Å². The Kier molecular flexibility index (Phi) is 6.56. The summed E-state index contributed by atoms with van der Waals surface area (Å²) in [5.41, 5.74) is 11.5. The Morgan fingerprint density at radius 3 is 1.80 bits per heavy atom. The Labute approximate surface area is 288 Å². The Morgan fingerprint density at radius 1 is 0.460 bits per heavy atom. The summed E-state index contributed by atoms with van der Waals surface area (Å²) >= 11 is 0. The molecular weight excluding hydrogens is 611 g/mol. The normalized spacial score (nSPS) is 11.1. The first-order valence-corrected chi connectivity index (χ1v) is 16.2. The van der Waals surface area contributed by atoms with E-state index >= 15 is 0 Å². The van der Waals surface area contributed by atoms with Gasteiger partial charge in [0.05, 0.1) is 47.0 Å². The van der Waals surface area contributed by atoms with Crippen LogP contribution in [0.25, 0.3) is 86.9 Å². The average Bonchev–Trinajstić information content (AvgIpc) is 3.69. The highest BCUT2D eigenvalue weighted by Gasteiger charge is 2.19. The Bertz CT molecular complexity index is 2920. The molecule has 0 unspecified atom stereocenters. The summed E-state index contributed by atoms with van der Waals surface area (Å²) in [5, 5.41) is 14.0. The Balaban J connectivity index is 1.30. The molecule has 5 nitrogen and oxygen atoms in total. The third-order valence-electron chi connectivity index (χ3n) is 9.55. The fourth-order valence-corrected chi connectivity index (χ4v) is 7.42. The summed E-state index contributed by atoms with van der Waals surface area (Å²) in [5.74, 6) is 0. The molecule has 5 heteroatoms. The van der Waals surface area contributed by atoms with Crippen molar-refractivity contribution in [2.45, 2.75) is 0 Å². The fourth-order valence-electron chi connectivity index (χ4n) is 7.42. The van der Waals surface area contributed by atoms with Gasteiger partial charge in [0.2, 0.25) is 0 Å². The van der Waals surface area contributed by atoms with Gasteiger partial charge in [0.15, 0.2) is 11.4 Å². The standard InChI is InChI=1S/C45H25N5/c1-47-31-20-21-39-40-23-29(28-46)19-22-44(40)49(45(39)27-31)33-25-30(24-32(26-33)48-2)34-11-3-4-12-35(34)36-13-5-8-16-41(36)50-42-17-9-6-14-37(42)38-15-7-10-18-43(38)50/h3-27H. The minimum Gasteiger partial charge on any atom is -0.312 e. The van der Waals surface area contributed by atoms with Crippen molar-refractivity contribution in [2.24, 2.45) is 0 Å². The molecule has 9 rings (SSSR count). The fraction of sp³-hybridized carbons (Fsp3) is 0. The van der Waals surface area contributed by atoms with Gasteiger partial charge in [-0.15, -0.1) is 0 Å². The molecular formula is C45H25N5. The first-order valence-electron chi connectivity index (χ1n) is 16.2. The summed E-state index contributed by atoms with van der Waals surface area (Å²) < 4.78 is 4.45. The molecule has 0 aliphatic heterocycles. The molecule has 50 heavy (non-hydrogen) atoms. The highest BCUT2D eigenvalue weighted by atomic mass is 15.0. The van der Waals surface area contributed by atoms with Gasteiger partial charge in [0.25, 0.3) is 0 Å². The summed E-state index contributed by atoms with van der Waals surface area (Å²) in [6, 6.07) is 53.5. The zero-order valence-electron chi connectivity index (χ0n) is 26.7. The number of benzene rings is 7. The molecule has 2 heterocycles. The van der Waals surface area contributed by atoms with E-state index in [1.54, 1.807) is 0 Å². The number of fused-ring (bicyclic) bond motifs is 6. The largest absolute Gasteiger partial charge is 0.312 e. The molecule has 0 N–H and O–H groups in total. The number of hydrogen-bond acceptors (Lipinski definition) is 1. The second kappa shape index (κ2) is 11.4. The van der Waals surface area contributed by atoms with E-state index in [1.807, 2.05) is 54.6 Å². The number of rotatable bonds is 4. The van der Waals surface area contributed by atoms with Gasteiger partial charge in [0, 0.05) is 38.3 Å².